The minimum absolute atomic E-state index is 0.0835. The lowest BCUT2D eigenvalue weighted by molar-refractivity contribution is 0.286. The molecule has 0 saturated carbocycles. The first-order valence-electron chi connectivity index (χ1n) is 6.27. The SMILES string of the molecule is CCC(CC)(CCl)CNCc1ccc(F)c(F)c1. The first-order valence-corrected chi connectivity index (χ1v) is 6.81. The molecule has 0 aliphatic rings. The molecular weight excluding hydrogens is 256 g/mol. The molecule has 0 saturated heterocycles. The highest BCUT2D eigenvalue weighted by Crippen LogP contribution is 2.27. The van der Waals surface area contributed by atoms with Gasteiger partial charge in [-0.1, -0.05) is 19.9 Å². The molecule has 1 N–H and O–H groups in total. The van der Waals surface area contributed by atoms with Crippen LogP contribution in [0.5, 0.6) is 0 Å². The van der Waals surface area contributed by atoms with Crippen LogP contribution in [-0.2, 0) is 6.54 Å². The van der Waals surface area contributed by atoms with Gasteiger partial charge in [-0.25, -0.2) is 8.78 Å². The predicted molar refractivity (Wildman–Crippen MR) is 71.8 cm³/mol. The summed E-state index contributed by atoms with van der Waals surface area (Å²) in [5, 5.41) is 3.27. The third-order valence-electron chi connectivity index (χ3n) is 3.60. The molecule has 0 fully saturated rings. The van der Waals surface area contributed by atoms with E-state index in [-0.39, 0.29) is 5.41 Å². The van der Waals surface area contributed by atoms with Gasteiger partial charge in [0, 0.05) is 19.0 Å². The Balaban J connectivity index is 2.52. The minimum Gasteiger partial charge on any atom is -0.312 e. The Morgan fingerprint density at radius 1 is 1.17 bits per heavy atom. The van der Waals surface area contributed by atoms with Crippen LogP contribution in [-0.4, -0.2) is 12.4 Å². The van der Waals surface area contributed by atoms with Crippen molar-refractivity contribution in [3.05, 3.63) is 35.4 Å². The number of hydrogen-bond acceptors (Lipinski definition) is 1. The fraction of sp³-hybridized carbons (Fsp3) is 0.571. The lowest BCUT2D eigenvalue weighted by atomic mass is 9.84. The lowest BCUT2D eigenvalue weighted by Crippen LogP contribution is -2.34. The quantitative estimate of drug-likeness (QED) is 0.739. The standard InChI is InChI=1S/C14H20ClF2N/c1-3-14(4-2,9-15)10-18-8-11-5-6-12(16)13(17)7-11/h5-7,18H,3-4,8-10H2,1-2H3. The molecule has 0 unspecified atom stereocenters. The minimum atomic E-state index is -0.809. The number of alkyl halides is 1. The number of halogens is 3. The van der Waals surface area contributed by atoms with Crippen molar-refractivity contribution < 1.29 is 8.78 Å². The average Bonchev–Trinajstić information content (AvgIpc) is 2.39. The van der Waals surface area contributed by atoms with Crippen molar-refractivity contribution in [3.8, 4) is 0 Å². The van der Waals surface area contributed by atoms with E-state index in [4.69, 9.17) is 11.6 Å². The predicted octanol–water partition coefficient (Wildman–Crippen LogP) is 4.10. The van der Waals surface area contributed by atoms with Gasteiger partial charge in [0.05, 0.1) is 0 Å². The van der Waals surface area contributed by atoms with Crippen molar-refractivity contribution >= 4 is 11.6 Å². The largest absolute Gasteiger partial charge is 0.312 e. The zero-order chi connectivity index (χ0) is 13.6. The van der Waals surface area contributed by atoms with Crippen LogP contribution >= 0.6 is 11.6 Å². The first-order chi connectivity index (χ1) is 8.56. The maximum Gasteiger partial charge on any atom is 0.159 e. The number of benzene rings is 1. The molecule has 0 bridgehead atoms. The van der Waals surface area contributed by atoms with Gasteiger partial charge in [-0.3, -0.25) is 0 Å². The molecule has 1 rings (SSSR count). The highest BCUT2D eigenvalue weighted by Gasteiger charge is 2.24. The summed E-state index contributed by atoms with van der Waals surface area (Å²) in [6.07, 6.45) is 2.00. The van der Waals surface area contributed by atoms with Crippen LogP contribution in [0, 0.1) is 17.0 Å². The van der Waals surface area contributed by atoms with E-state index in [9.17, 15) is 8.78 Å². The molecule has 0 amide bonds. The first kappa shape index (κ1) is 15.4. The van der Waals surface area contributed by atoms with Crippen molar-refractivity contribution in [1.29, 1.82) is 0 Å². The molecule has 102 valence electrons. The van der Waals surface area contributed by atoms with Gasteiger partial charge in [-0.2, -0.15) is 0 Å². The van der Waals surface area contributed by atoms with Gasteiger partial charge < -0.3 is 5.32 Å². The summed E-state index contributed by atoms with van der Waals surface area (Å²) in [5.74, 6) is -1.01. The fourth-order valence-corrected chi connectivity index (χ4v) is 2.33. The number of hydrogen-bond donors (Lipinski definition) is 1. The molecule has 0 heterocycles. The maximum absolute atomic E-state index is 13.0. The van der Waals surface area contributed by atoms with E-state index in [1.807, 2.05) is 0 Å². The molecule has 0 radical (unpaired) electrons. The van der Waals surface area contributed by atoms with Crippen LogP contribution < -0.4 is 5.32 Å². The van der Waals surface area contributed by atoms with Gasteiger partial charge in [0.2, 0.25) is 0 Å². The average molecular weight is 276 g/mol. The molecule has 1 nitrogen and oxygen atoms in total. The van der Waals surface area contributed by atoms with E-state index >= 15 is 0 Å². The van der Waals surface area contributed by atoms with Crippen LogP contribution in [0.15, 0.2) is 18.2 Å². The summed E-state index contributed by atoms with van der Waals surface area (Å²) in [4.78, 5) is 0. The molecule has 0 spiro atoms. The third-order valence-corrected chi connectivity index (χ3v) is 4.16. The summed E-state index contributed by atoms with van der Waals surface area (Å²) in [7, 11) is 0. The second kappa shape index (κ2) is 7.05. The van der Waals surface area contributed by atoms with E-state index < -0.39 is 11.6 Å². The van der Waals surface area contributed by atoms with E-state index in [2.05, 4.69) is 19.2 Å². The highest BCUT2D eigenvalue weighted by molar-refractivity contribution is 6.18. The third kappa shape index (κ3) is 3.92. The maximum atomic E-state index is 13.0. The molecule has 0 aromatic heterocycles. The molecule has 1 aromatic carbocycles. The molecule has 0 aliphatic carbocycles. The van der Waals surface area contributed by atoms with Crippen LogP contribution in [0.4, 0.5) is 8.78 Å². The highest BCUT2D eigenvalue weighted by atomic mass is 35.5. The number of rotatable bonds is 7. The van der Waals surface area contributed by atoms with Crippen molar-refractivity contribution in [2.45, 2.75) is 33.2 Å². The van der Waals surface area contributed by atoms with Gasteiger partial charge in [-0.15, -0.1) is 11.6 Å². The number of nitrogens with one attached hydrogen (secondary N) is 1. The molecule has 1 aromatic rings. The van der Waals surface area contributed by atoms with Gasteiger partial charge in [0.15, 0.2) is 11.6 Å². The van der Waals surface area contributed by atoms with Crippen LogP contribution in [0.1, 0.15) is 32.3 Å². The second-order valence-corrected chi connectivity index (χ2v) is 4.96. The Kier molecular flexibility index (Phi) is 6.03. The summed E-state index contributed by atoms with van der Waals surface area (Å²) in [5.41, 5.74) is 0.824. The normalized spacial score (nSPS) is 11.8. The van der Waals surface area contributed by atoms with Crippen molar-refractivity contribution in [1.82, 2.24) is 5.32 Å². The Labute approximate surface area is 113 Å². The fourth-order valence-electron chi connectivity index (χ4n) is 1.86. The lowest BCUT2D eigenvalue weighted by Gasteiger charge is -2.29. The van der Waals surface area contributed by atoms with Crippen LogP contribution in [0.3, 0.4) is 0 Å². The molecule has 18 heavy (non-hydrogen) atoms. The monoisotopic (exact) mass is 275 g/mol. The molecule has 4 heteroatoms. The van der Waals surface area contributed by atoms with Crippen LogP contribution in [0.25, 0.3) is 0 Å². The Morgan fingerprint density at radius 3 is 2.33 bits per heavy atom. The smallest absolute Gasteiger partial charge is 0.159 e. The summed E-state index contributed by atoms with van der Waals surface area (Å²) < 4.78 is 25.8. The zero-order valence-electron chi connectivity index (χ0n) is 10.9. The summed E-state index contributed by atoms with van der Waals surface area (Å²) >= 11 is 6.00. The Morgan fingerprint density at radius 2 is 1.83 bits per heavy atom. The van der Waals surface area contributed by atoms with Gasteiger partial charge >= 0.3 is 0 Å². The Bertz CT molecular complexity index is 370. The van der Waals surface area contributed by atoms with Crippen molar-refractivity contribution in [2.75, 3.05) is 12.4 Å². The van der Waals surface area contributed by atoms with Gasteiger partial charge in [-0.05, 0) is 36.0 Å². The van der Waals surface area contributed by atoms with Crippen molar-refractivity contribution in [2.24, 2.45) is 5.41 Å². The topological polar surface area (TPSA) is 12.0 Å². The second-order valence-electron chi connectivity index (χ2n) is 4.69. The summed E-state index contributed by atoms with van der Waals surface area (Å²) in [6, 6.07) is 3.97. The molecule has 0 aliphatic heterocycles. The molecule has 0 atom stereocenters. The summed E-state index contributed by atoms with van der Waals surface area (Å²) in [6.45, 7) is 5.54. The van der Waals surface area contributed by atoms with E-state index in [1.165, 1.54) is 6.07 Å². The van der Waals surface area contributed by atoms with Gasteiger partial charge in [0.25, 0.3) is 0 Å². The van der Waals surface area contributed by atoms with Crippen molar-refractivity contribution in [3.63, 3.8) is 0 Å². The molecular formula is C14H20ClF2N. The van der Waals surface area contributed by atoms with E-state index in [1.54, 1.807) is 6.07 Å². The Hall–Kier alpha value is -0.670. The van der Waals surface area contributed by atoms with E-state index in [0.717, 1.165) is 31.0 Å². The van der Waals surface area contributed by atoms with Crippen LogP contribution in [0.2, 0.25) is 0 Å². The zero-order valence-corrected chi connectivity index (χ0v) is 11.7. The van der Waals surface area contributed by atoms with Gasteiger partial charge in [0.1, 0.15) is 0 Å². The van der Waals surface area contributed by atoms with E-state index in [0.29, 0.717) is 12.4 Å².